The maximum absolute atomic E-state index is 14.0. The number of nitrogens with zero attached hydrogens (tertiary/aromatic N) is 15. The second kappa shape index (κ2) is 29.8. The lowest BCUT2D eigenvalue weighted by molar-refractivity contribution is -0.138. The minimum absolute atomic E-state index is 0.0996. The summed E-state index contributed by atoms with van der Waals surface area (Å²) in [6, 6.07) is 47.2. The van der Waals surface area contributed by atoms with Crippen molar-refractivity contribution in [3.8, 4) is 18.2 Å². The first-order chi connectivity index (χ1) is 52.2. The molecule has 15 aromatic rings. The van der Waals surface area contributed by atoms with E-state index in [1.165, 1.54) is 74.4 Å². The highest BCUT2D eigenvalue weighted by Crippen LogP contribution is 2.34. The van der Waals surface area contributed by atoms with Gasteiger partial charge in [0.25, 0.3) is 0 Å². The fourth-order valence-corrected chi connectivity index (χ4v) is 15.2. The van der Waals surface area contributed by atoms with E-state index in [1.54, 1.807) is 50.1 Å². The first kappa shape index (κ1) is 73.3. The first-order valence-corrected chi connectivity index (χ1v) is 34.6. The fourth-order valence-electron chi connectivity index (χ4n) is 15.2. The van der Waals surface area contributed by atoms with Crippen molar-refractivity contribution in [1.82, 2.24) is 56.1 Å². The minimum atomic E-state index is -1.13. The molecule has 546 valence electrons. The number of hydrogen-bond donors (Lipinski definition) is 3. The molecule has 24 nitrogen and oxygen atoms in total. The van der Waals surface area contributed by atoms with Gasteiger partial charge in [0.2, 0.25) is 0 Å². The second-order valence-electron chi connectivity index (χ2n) is 27.2. The third-order valence-corrected chi connectivity index (χ3v) is 19.8. The van der Waals surface area contributed by atoms with Gasteiger partial charge in [-0.3, -0.25) is 41.8 Å². The molecule has 3 N–H and O–H groups in total. The molecule has 0 saturated carbocycles. The van der Waals surface area contributed by atoms with Crippen LogP contribution in [0.15, 0.2) is 191 Å². The Morgan fingerprint density at radius 1 is 0.394 bits per heavy atom. The SMILES string of the molecule is Cc1cc(C)c2c(Cn3c(=O)n([C@H](CC(=O)O)c4ccc(F)cc4)c4nc(C#N)ccc43)cn(C)c2c1.Cc1cc(C)c2c(Cn3c(=O)n([C@H](CC(=O)O)c4ccccc4)c4nc(C#N)ccc43)cn(C)c2c1.Cc1cccc2c1c(Cn1c(=O)n([C@H](CC(=O)O)c3ccc(F)cc3)c3nc(C#N)ccc31)cn2C. The van der Waals surface area contributed by atoms with E-state index >= 15 is 0 Å². The van der Waals surface area contributed by atoms with E-state index in [0.717, 1.165) is 77.2 Å². The summed E-state index contributed by atoms with van der Waals surface area (Å²) in [6.07, 6.45) is 4.84. The molecule has 26 heteroatoms. The minimum Gasteiger partial charge on any atom is -0.481 e. The van der Waals surface area contributed by atoms with Crippen LogP contribution in [0.4, 0.5) is 8.78 Å². The molecule has 0 amide bonds. The third-order valence-electron chi connectivity index (χ3n) is 19.8. The average Bonchev–Trinajstić information content (AvgIpc) is 1.60. The Balaban J connectivity index is 0.000000144. The van der Waals surface area contributed by atoms with E-state index in [4.69, 9.17) is 0 Å². The van der Waals surface area contributed by atoms with Crippen LogP contribution in [0.2, 0.25) is 0 Å². The van der Waals surface area contributed by atoms with Gasteiger partial charge < -0.3 is 29.0 Å². The summed E-state index contributed by atoms with van der Waals surface area (Å²) < 4.78 is 42.1. The Hall–Kier alpha value is -14.1. The van der Waals surface area contributed by atoms with Gasteiger partial charge in [0.05, 0.1) is 73.6 Å². The second-order valence-corrected chi connectivity index (χ2v) is 27.2. The fraction of sp³-hybridized carbons (Fsp3) is 0.205. The quantitative estimate of drug-likeness (QED) is 0.0719. The van der Waals surface area contributed by atoms with Crippen LogP contribution in [0.25, 0.3) is 66.2 Å². The number of carboxylic acids is 3. The van der Waals surface area contributed by atoms with E-state index < -0.39 is 71.9 Å². The van der Waals surface area contributed by atoms with Gasteiger partial charge in [-0.2, -0.15) is 15.8 Å². The van der Waals surface area contributed by atoms with Gasteiger partial charge in [0.1, 0.15) is 46.9 Å². The molecule has 0 fully saturated rings. The molecule has 6 aromatic carbocycles. The Labute approximate surface area is 620 Å². The standard InChI is InChI=1S/C28H24FN5O3.C28H25N5O3.C27H22FN5O3/c1-16-10-17(2)26-19(14-32(3)24(26)11-16)15-33-22-9-8-21(13-30)31-27(22)34(28(33)37)23(12-25(35)36)18-4-6-20(29)7-5-18;1-17-11-18(2)26-20(15-31(3)24(26)12-17)16-32-22-10-9-21(14-29)30-27(22)33(28(32)36)23(13-25(34)35)19-7-5-4-6-8-19;1-16-4-3-5-21-25(16)18(14-31(21)2)15-32-22-11-10-20(13-29)30-26(22)33(27(32)36)23(12-24(34)35)17-6-8-19(28)9-7-17/h4-11,14,23H,12,15H2,1-3H3,(H,35,36);4-12,15,23H,13,16H2,1-3H3,(H,34,35);3-11,14,23H,12,15H2,1-2H3,(H,34,35)/t3*23-/m111/s1. The summed E-state index contributed by atoms with van der Waals surface area (Å²) >= 11 is 0. The van der Waals surface area contributed by atoms with Crippen molar-refractivity contribution in [2.45, 2.75) is 91.6 Å². The summed E-state index contributed by atoms with van der Waals surface area (Å²) in [5, 5.41) is 60.5. The van der Waals surface area contributed by atoms with Crippen molar-refractivity contribution in [3.63, 3.8) is 0 Å². The lowest BCUT2D eigenvalue weighted by atomic mass is 10.0. The number of halogens is 2. The van der Waals surface area contributed by atoms with Gasteiger partial charge >= 0.3 is 35.0 Å². The number of aliphatic carboxylic acids is 3. The van der Waals surface area contributed by atoms with Crippen LogP contribution in [-0.4, -0.2) is 89.3 Å². The summed E-state index contributed by atoms with van der Waals surface area (Å²) in [4.78, 5) is 90.6. The molecular formula is C83H71F2N15O9. The van der Waals surface area contributed by atoms with Crippen molar-refractivity contribution in [1.29, 1.82) is 15.8 Å². The third kappa shape index (κ3) is 14.1. The smallest absolute Gasteiger partial charge is 0.331 e. The molecule has 109 heavy (non-hydrogen) atoms. The largest absolute Gasteiger partial charge is 0.481 e. The number of imidazole rings is 3. The summed E-state index contributed by atoms with van der Waals surface area (Å²) in [7, 11) is 5.88. The zero-order chi connectivity index (χ0) is 77.5. The number of rotatable bonds is 18. The lowest BCUT2D eigenvalue weighted by Crippen LogP contribution is -2.30. The molecule has 15 rings (SSSR count). The number of aromatic nitrogens is 12. The summed E-state index contributed by atoms with van der Waals surface area (Å²) in [5.41, 5.74) is 14.4. The van der Waals surface area contributed by atoms with Crippen LogP contribution < -0.4 is 17.1 Å². The zero-order valence-electron chi connectivity index (χ0n) is 60.5. The molecule has 9 heterocycles. The van der Waals surface area contributed by atoms with Gasteiger partial charge in [0, 0.05) is 72.4 Å². The molecule has 9 aromatic heterocycles. The molecule has 0 aliphatic carbocycles. The van der Waals surface area contributed by atoms with Crippen molar-refractivity contribution in [2.75, 3.05) is 0 Å². The molecule has 0 aliphatic heterocycles. The normalized spacial score (nSPS) is 12.2. The van der Waals surface area contributed by atoms with Gasteiger partial charge in [-0.25, -0.2) is 38.1 Å². The number of carbonyl (C=O) groups is 3. The number of hydrogen-bond acceptors (Lipinski definition) is 12. The Morgan fingerprint density at radius 2 is 0.716 bits per heavy atom. The first-order valence-electron chi connectivity index (χ1n) is 34.6. The molecule has 0 bridgehead atoms. The van der Waals surface area contributed by atoms with Crippen molar-refractivity contribution in [3.05, 3.63) is 298 Å². The van der Waals surface area contributed by atoms with Crippen LogP contribution in [0.5, 0.6) is 0 Å². The Morgan fingerprint density at radius 3 is 1.05 bits per heavy atom. The Kier molecular flexibility index (Phi) is 20.0. The number of pyridine rings is 3. The highest BCUT2D eigenvalue weighted by molar-refractivity contribution is 5.90. The van der Waals surface area contributed by atoms with Crippen molar-refractivity contribution >= 4 is 84.1 Å². The molecule has 0 radical (unpaired) electrons. The summed E-state index contributed by atoms with van der Waals surface area (Å²) in [6.45, 7) is 10.9. The molecule has 0 unspecified atom stereocenters. The monoisotopic (exact) mass is 1460 g/mol. The average molecular weight is 1460 g/mol. The highest BCUT2D eigenvalue weighted by atomic mass is 19.1. The van der Waals surface area contributed by atoms with Crippen molar-refractivity contribution in [2.24, 2.45) is 21.1 Å². The van der Waals surface area contributed by atoms with Gasteiger partial charge in [-0.05, 0) is 175 Å². The zero-order valence-corrected chi connectivity index (χ0v) is 60.5. The van der Waals surface area contributed by atoms with Crippen LogP contribution in [-0.2, 0) is 55.2 Å². The van der Waals surface area contributed by atoms with Crippen molar-refractivity contribution < 1.29 is 38.5 Å². The van der Waals surface area contributed by atoms with E-state index in [0.29, 0.717) is 38.9 Å². The predicted molar refractivity (Wildman–Crippen MR) is 406 cm³/mol. The number of aryl methyl sites for hydroxylation is 8. The molecule has 3 atom stereocenters. The van der Waals surface area contributed by atoms with E-state index in [9.17, 15) is 68.7 Å². The van der Waals surface area contributed by atoms with Crippen LogP contribution in [0.3, 0.4) is 0 Å². The maximum Gasteiger partial charge on any atom is 0.331 e. The van der Waals surface area contributed by atoms with Crippen LogP contribution in [0.1, 0.15) is 116 Å². The summed E-state index contributed by atoms with van der Waals surface area (Å²) in [5.74, 6) is -4.23. The molecule has 0 saturated heterocycles. The number of nitriles is 3. The van der Waals surface area contributed by atoms with E-state index in [2.05, 4.69) is 57.6 Å². The van der Waals surface area contributed by atoms with Gasteiger partial charge in [-0.15, -0.1) is 0 Å². The molecule has 0 aliphatic rings. The molecular weight excluding hydrogens is 1390 g/mol. The van der Waals surface area contributed by atoms with Crippen LogP contribution >= 0.6 is 0 Å². The Bertz CT molecular complexity index is 6500. The molecule has 0 spiro atoms. The number of carboxylic acid groups (broad SMARTS) is 3. The lowest BCUT2D eigenvalue weighted by Gasteiger charge is -2.17. The predicted octanol–water partition coefficient (Wildman–Crippen LogP) is 12.8. The van der Waals surface area contributed by atoms with E-state index in [-0.39, 0.29) is 60.1 Å². The number of fused-ring (bicyclic) bond motifs is 6. The van der Waals surface area contributed by atoms with E-state index in [1.807, 2.05) is 124 Å². The van der Waals surface area contributed by atoms with Gasteiger partial charge in [0.15, 0.2) is 16.9 Å². The maximum atomic E-state index is 14.0. The van der Waals surface area contributed by atoms with Crippen LogP contribution in [0, 0.1) is 80.2 Å². The highest BCUT2D eigenvalue weighted by Gasteiger charge is 2.31. The number of benzene rings is 6. The topological polar surface area (TPSA) is 318 Å². The van der Waals surface area contributed by atoms with Gasteiger partial charge in [-0.1, -0.05) is 78.9 Å².